The van der Waals surface area contributed by atoms with Gasteiger partial charge in [-0.15, -0.1) is 0 Å². The van der Waals surface area contributed by atoms with Crippen molar-refractivity contribution in [3.63, 3.8) is 0 Å². The molecule has 1 amide bonds. The number of ketones is 1. The monoisotopic (exact) mass is 303 g/mol. The van der Waals surface area contributed by atoms with Gasteiger partial charge in [0.05, 0.1) is 4.83 Å². The van der Waals surface area contributed by atoms with E-state index < -0.39 is 4.83 Å². The Morgan fingerprint density at radius 3 is 2.24 bits per heavy atom. The second kappa shape index (κ2) is 5.96. The van der Waals surface area contributed by atoms with Gasteiger partial charge in [0.25, 0.3) is 0 Å². The van der Waals surface area contributed by atoms with Crippen molar-refractivity contribution >= 4 is 27.6 Å². The van der Waals surface area contributed by atoms with Crippen LogP contribution < -0.4 is 0 Å². The lowest BCUT2D eigenvalue weighted by atomic mass is 10.2. The highest BCUT2D eigenvalue weighted by atomic mass is 79.9. The van der Waals surface area contributed by atoms with Crippen LogP contribution in [-0.2, 0) is 4.79 Å². The van der Waals surface area contributed by atoms with Gasteiger partial charge in [0, 0.05) is 26.1 Å². The van der Waals surface area contributed by atoms with Gasteiger partial charge in [0.1, 0.15) is 0 Å². The molecule has 0 heterocycles. The van der Waals surface area contributed by atoms with Crippen LogP contribution in [0.25, 0.3) is 0 Å². The molecule has 0 radical (unpaired) electrons. The lowest BCUT2D eigenvalue weighted by Gasteiger charge is -2.13. The minimum absolute atomic E-state index is 0.0554. The van der Waals surface area contributed by atoms with Crippen molar-refractivity contribution in [2.24, 2.45) is 0 Å². The first-order valence-electron chi connectivity index (χ1n) is 5.37. The molecule has 17 heavy (non-hydrogen) atoms. The van der Waals surface area contributed by atoms with E-state index in [1.54, 1.807) is 26.2 Å². The number of hydrogen-bond acceptors (Lipinski definition) is 2. The first kappa shape index (κ1) is 13.9. The van der Waals surface area contributed by atoms with E-state index in [4.69, 9.17) is 0 Å². The number of rotatable bonds is 4. The zero-order valence-corrected chi connectivity index (χ0v) is 11.8. The standard InChI is InChI=1S/C13H16BrNO2/c1-9-4-6-10(7-5-9)13(17)11(14)8-12(16)15(2)3/h4-7,11H,8H2,1-3H3/i4+1,5+1,6+1,7+1,9+1,10+1. The van der Waals surface area contributed by atoms with Gasteiger partial charge in [-0.3, -0.25) is 9.59 Å². The predicted molar refractivity (Wildman–Crippen MR) is 71.5 cm³/mol. The normalized spacial score (nSPS) is 12.0. The highest BCUT2D eigenvalue weighted by Crippen LogP contribution is 2.15. The van der Waals surface area contributed by atoms with Gasteiger partial charge < -0.3 is 4.90 Å². The Morgan fingerprint density at radius 2 is 1.76 bits per heavy atom. The van der Waals surface area contributed by atoms with Crippen LogP contribution in [0.2, 0.25) is 0 Å². The van der Waals surface area contributed by atoms with Crippen LogP contribution in [0.5, 0.6) is 0 Å². The summed E-state index contributed by atoms with van der Waals surface area (Å²) < 4.78 is 0. The fourth-order valence-corrected chi connectivity index (χ4v) is 1.87. The summed E-state index contributed by atoms with van der Waals surface area (Å²) in [4.78, 5) is 24.5. The minimum atomic E-state index is -0.458. The Hall–Kier alpha value is -1.16. The molecule has 1 rings (SSSR count). The number of hydrogen-bond donors (Lipinski definition) is 0. The molecular formula is C13H16BrNO2. The zero-order valence-electron chi connectivity index (χ0n) is 10.2. The third-order valence-corrected chi connectivity index (χ3v) is 3.21. The summed E-state index contributed by atoms with van der Waals surface area (Å²) in [5.74, 6) is -0.118. The van der Waals surface area contributed by atoms with Crippen molar-refractivity contribution in [3.8, 4) is 0 Å². The Morgan fingerprint density at radius 1 is 1.24 bits per heavy atom. The largest absolute Gasteiger partial charge is 0.349 e. The van der Waals surface area contributed by atoms with E-state index in [1.165, 1.54) is 4.90 Å². The lowest BCUT2D eigenvalue weighted by Crippen LogP contribution is -2.27. The number of alkyl halides is 1. The highest BCUT2D eigenvalue weighted by Gasteiger charge is 2.20. The summed E-state index contributed by atoms with van der Waals surface area (Å²) in [7, 11) is 3.36. The molecular weight excluding hydrogens is 288 g/mol. The van der Waals surface area contributed by atoms with E-state index in [-0.39, 0.29) is 18.1 Å². The van der Waals surface area contributed by atoms with E-state index in [2.05, 4.69) is 15.9 Å². The third-order valence-electron chi connectivity index (χ3n) is 2.47. The van der Waals surface area contributed by atoms with Crippen molar-refractivity contribution in [1.29, 1.82) is 0 Å². The van der Waals surface area contributed by atoms with Gasteiger partial charge >= 0.3 is 0 Å². The first-order valence-corrected chi connectivity index (χ1v) is 6.28. The van der Waals surface area contributed by atoms with Crippen LogP contribution in [0, 0.1) is 6.92 Å². The van der Waals surface area contributed by atoms with Crippen molar-refractivity contribution in [2.75, 3.05) is 14.1 Å². The smallest absolute Gasteiger partial charge is 0.223 e. The molecule has 0 spiro atoms. The molecule has 1 aromatic rings. The lowest BCUT2D eigenvalue weighted by molar-refractivity contribution is -0.128. The molecule has 0 aliphatic carbocycles. The molecule has 0 N–H and O–H groups in total. The SMILES string of the molecule is C[13c]1[13cH][13cH][13c](C(=O)C(Br)CC(=O)N(C)C)[13cH][13cH]1. The Balaban J connectivity index is 2.70. The summed E-state index contributed by atoms with van der Waals surface area (Å²) in [6.45, 7) is 1.97. The van der Waals surface area contributed by atoms with Crippen LogP contribution >= 0.6 is 15.9 Å². The highest BCUT2D eigenvalue weighted by molar-refractivity contribution is 9.10. The quantitative estimate of drug-likeness (QED) is 0.633. The van der Waals surface area contributed by atoms with Gasteiger partial charge in [-0.1, -0.05) is 45.8 Å². The van der Waals surface area contributed by atoms with E-state index in [9.17, 15) is 9.59 Å². The molecule has 1 atom stereocenters. The molecule has 0 bridgehead atoms. The van der Waals surface area contributed by atoms with Crippen LogP contribution in [0.15, 0.2) is 24.3 Å². The number of carbonyl (C=O) groups is 2. The molecule has 92 valence electrons. The summed E-state index contributed by atoms with van der Waals surface area (Å²) in [6.07, 6.45) is 0.180. The fraction of sp³-hybridized carbons (Fsp3) is 0.385. The van der Waals surface area contributed by atoms with Gasteiger partial charge in [-0.25, -0.2) is 0 Å². The summed E-state index contributed by atoms with van der Waals surface area (Å²) in [5, 5.41) is 0. The average Bonchev–Trinajstić information content (AvgIpc) is 2.28. The molecule has 1 aromatic carbocycles. The number of carbonyl (C=O) groups excluding carboxylic acids is 2. The molecule has 0 aliphatic heterocycles. The Labute approximate surface area is 110 Å². The van der Waals surface area contributed by atoms with Gasteiger partial charge in [-0.05, 0) is 6.92 Å². The topological polar surface area (TPSA) is 37.4 Å². The minimum Gasteiger partial charge on any atom is -0.349 e. The first-order chi connectivity index (χ1) is 7.91. The number of amides is 1. The molecule has 0 saturated carbocycles. The van der Waals surface area contributed by atoms with Crippen LogP contribution in [0.3, 0.4) is 0 Å². The van der Waals surface area contributed by atoms with Crippen LogP contribution in [0.1, 0.15) is 22.3 Å². The second-order valence-corrected chi connectivity index (χ2v) is 5.30. The van der Waals surface area contributed by atoms with Gasteiger partial charge in [0.15, 0.2) is 5.78 Å². The average molecular weight is 304 g/mol. The summed E-state index contributed by atoms with van der Waals surface area (Å²) in [5.41, 5.74) is 1.74. The second-order valence-electron chi connectivity index (χ2n) is 4.19. The molecule has 0 fully saturated rings. The van der Waals surface area contributed by atoms with E-state index >= 15 is 0 Å². The maximum absolute atomic E-state index is 12.0. The molecule has 1 unspecified atom stereocenters. The maximum Gasteiger partial charge on any atom is 0.223 e. The molecule has 0 aliphatic rings. The summed E-state index contributed by atoms with van der Waals surface area (Å²) in [6, 6.07) is 7.35. The van der Waals surface area contributed by atoms with E-state index in [1.807, 2.05) is 19.1 Å². The van der Waals surface area contributed by atoms with Gasteiger partial charge in [0.2, 0.25) is 5.91 Å². The van der Waals surface area contributed by atoms with Crippen molar-refractivity contribution in [2.45, 2.75) is 18.2 Å². The number of Topliss-reactive ketones (excluding diaryl/α,β-unsaturated/α-hetero) is 1. The zero-order chi connectivity index (χ0) is 13.0. The molecule has 0 aromatic heterocycles. The van der Waals surface area contributed by atoms with Crippen LogP contribution in [0.4, 0.5) is 0 Å². The Kier molecular flexibility index (Phi) is 4.87. The number of nitrogens with zero attached hydrogens (tertiary/aromatic N) is 1. The van der Waals surface area contributed by atoms with Crippen molar-refractivity contribution < 1.29 is 9.59 Å². The van der Waals surface area contributed by atoms with Crippen molar-refractivity contribution in [1.82, 2.24) is 4.90 Å². The predicted octanol–water partition coefficient (Wildman–Crippen LogP) is 2.42. The van der Waals surface area contributed by atoms with Crippen molar-refractivity contribution in [3.05, 3.63) is 35.4 Å². The van der Waals surface area contributed by atoms with E-state index in [0.29, 0.717) is 5.56 Å². The summed E-state index contributed by atoms with van der Waals surface area (Å²) >= 11 is 3.27. The van der Waals surface area contributed by atoms with Gasteiger partial charge in [-0.2, -0.15) is 0 Å². The Bertz CT molecular complexity index is 412. The molecule has 0 saturated heterocycles. The molecule has 4 heteroatoms. The molecule has 3 nitrogen and oxygen atoms in total. The maximum atomic E-state index is 12.0. The number of aryl methyl sites for hydroxylation is 1. The fourth-order valence-electron chi connectivity index (χ4n) is 1.33. The number of halogens is 1. The third kappa shape index (κ3) is 3.97. The van der Waals surface area contributed by atoms with E-state index in [0.717, 1.165) is 5.56 Å². The van der Waals surface area contributed by atoms with Crippen LogP contribution in [-0.4, -0.2) is 35.5 Å². The number of benzene rings is 1.